The van der Waals surface area contributed by atoms with E-state index in [1.165, 1.54) is 18.2 Å². The summed E-state index contributed by atoms with van der Waals surface area (Å²) in [7, 11) is 0. The van der Waals surface area contributed by atoms with E-state index in [-0.39, 0.29) is 16.1 Å². The molecular weight excluding hydrogens is 529 g/mol. The first kappa shape index (κ1) is 25.5. The summed E-state index contributed by atoms with van der Waals surface area (Å²) in [6.45, 7) is 3.67. The van der Waals surface area contributed by atoms with Crippen molar-refractivity contribution >= 4 is 44.0 Å². The van der Waals surface area contributed by atoms with E-state index >= 15 is 0 Å². The predicted molar refractivity (Wildman–Crippen MR) is 122 cm³/mol. The molecule has 1 unspecified atom stereocenters. The topological polar surface area (TPSA) is 84.6 Å². The highest BCUT2D eigenvalue weighted by molar-refractivity contribution is 9.10. The monoisotopic (exact) mass is 548 g/mol. The third-order valence-corrected chi connectivity index (χ3v) is 6.12. The van der Waals surface area contributed by atoms with Crippen molar-refractivity contribution in [3.8, 4) is 0 Å². The molecule has 3 aromatic rings. The molecule has 178 valence electrons. The number of aromatic nitrogens is 1. The van der Waals surface area contributed by atoms with Gasteiger partial charge in [0.2, 0.25) is 0 Å². The molecule has 1 atom stereocenters. The zero-order valence-electron chi connectivity index (χ0n) is 17.9. The number of anilines is 1. The maximum atomic E-state index is 13.9. The molecular formula is C22H21BrClF3N2O4. The number of benzene rings is 2. The molecule has 0 fully saturated rings. The lowest BCUT2D eigenvalue weighted by atomic mass is 9.75. The average molecular weight is 550 g/mol. The van der Waals surface area contributed by atoms with Gasteiger partial charge in [-0.05, 0) is 54.7 Å². The van der Waals surface area contributed by atoms with E-state index in [1.807, 2.05) is 0 Å². The largest absolute Gasteiger partial charge is 0.419 e. The van der Waals surface area contributed by atoms with E-state index in [4.69, 9.17) is 16.4 Å². The van der Waals surface area contributed by atoms with E-state index in [9.17, 15) is 23.1 Å². The molecule has 0 saturated heterocycles. The molecule has 0 radical (unpaired) electrons. The predicted octanol–water partition coefficient (Wildman–Crippen LogP) is 5.92. The lowest BCUT2D eigenvalue weighted by Crippen LogP contribution is -2.53. The minimum atomic E-state index is -4.98. The third-order valence-electron chi connectivity index (χ3n) is 5.32. The van der Waals surface area contributed by atoms with Crippen LogP contribution >= 0.6 is 27.5 Å². The second-order valence-electron chi connectivity index (χ2n) is 8.42. The van der Waals surface area contributed by atoms with Crippen LogP contribution in [-0.2, 0) is 10.3 Å². The molecule has 1 aromatic heterocycles. The van der Waals surface area contributed by atoms with Crippen LogP contribution in [0.1, 0.15) is 31.5 Å². The van der Waals surface area contributed by atoms with Crippen molar-refractivity contribution in [2.45, 2.75) is 44.4 Å². The van der Waals surface area contributed by atoms with Crippen molar-refractivity contribution < 1.29 is 27.6 Å². The first-order chi connectivity index (χ1) is 15.2. The average Bonchev–Trinajstić information content (AvgIpc) is 2.69. The van der Waals surface area contributed by atoms with Gasteiger partial charge in [0, 0.05) is 14.9 Å². The smallest absolute Gasteiger partial charge is 0.379 e. The summed E-state index contributed by atoms with van der Waals surface area (Å²) < 4.78 is 47.0. The van der Waals surface area contributed by atoms with Gasteiger partial charge < -0.3 is 9.63 Å². The SMILES string of the molecule is Cc1noc(=O)c2ccc(NOCC(O)(CC(C)(C)c3ccc(Br)cc3Cl)C(F)(F)F)cc12. The number of alkyl halides is 3. The van der Waals surface area contributed by atoms with Crippen molar-refractivity contribution in [2.75, 3.05) is 12.1 Å². The Morgan fingerprint density at radius 3 is 2.52 bits per heavy atom. The van der Waals surface area contributed by atoms with Crippen LogP contribution < -0.4 is 11.1 Å². The van der Waals surface area contributed by atoms with E-state index in [0.717, 1.165) is 0 Å². The van der Waals surface area contributed by atoms with Crippen LogP contribution in [0.15, 0.2) is 50.2 Å². The number of nitrogens with one attached hydrogen (secondary N) is 1. The fraction of sp³-hybridized carbons (Fsp3) is 0.364. The lowest BCUT2D eigenvalue weighted by molar-refractivity contribution is -0.279. The Labute approximate surface area is 200 Å². The number of fused-ring (bicyclic) bond motifs is 1. The number of aliphatic hydroxyl groups is 1. The number of nitrogens with zero attached hydrogens (tertiary/aromatic N) is 1. The second-order valence-corrected chi connectivity index (χ2v) is 9.74. The molecule has 3 rings (SSSR count). The van der Waals surface area contributed by atoms with Gasteiger partial charge in [0.15, 0.2) is 5.60 Å². The Bertz CT molecular complexity index is 1230. The fourth-order valence-electron chi connectivity index (χ4n) is 3.63. The molecule has 2 aromatic carbocycles. The summed E-state index contributed by atoms with van der Waals surface area (Å²) in [6.07, 6.45) is -5.68. The first-order valence-electron chi connectivity index (χ1n) is 9.76. The fourth-order valence-corrected chi connectivity index (χ4v) is 4.56. The van der Waals surface area contributed by atoms with Gasteiger partial charge in [-0.25, -0.2) is 4.79 Å². The van der Waals surface area contributed by atoms with Gasteiger partial charge in [0.25, 0.3) is 0 Å². The first-order valence-corrected chi connectivity index (χ1v) is 10.9. The highest BCUT2D eigenvalue weighted by Gasteiger charge is 2.56. The van der Waals surface area contributed by atoms with Crippen LogP contribution in [0.5, 0.6) is 0 Å². The van der Waals surface area contributed by atoms with Gasteiger partial charge in [-0.3, -0.25) is 10.3 Å². The molecule has 0 spiro atoms. The van der Waals surface area contributed by atoms with E-state index in [0.29, 0.717) is 21.1 Å². The maximum absolute atomic E-state index is 13.9. The van der Waals surface area contributed by atoms with E-state index < -0.39 is 35.8 Å². The Kier molecular flexibility index (Phi) is 7.14. The number of aryl methyl sites for hydroxylation is 1. The summed E-state index contributed by atoms with van der Waals surface area (Å²) in [5.74, 6) is 0. The van der Waals surface area contributed by atoms with Crippen LogP contribution in [0.4, 0.5) is 18.9 Å². The van der Waals surface area contributed by atoms with E-state index in [2.05, 4.69) is 31.1 Å². The van der Waals surface area contributed by atoms with Gasteiger partial charge in [0.1, 0.15) is 6.61 Å². The molecule has 2 N–H and O–H groups in total. The highest BCUT2D eigenvalue weighted by Crippen LogP contribution is 2.43. The summed E-state index contributed by atoms with van der Waals surface area (Å²) in [6, 6.07) is 9.25. The molecule has 33 heavy (non-hydrogen) atoms. The Morgan fingerprint density at radius 2 is 1.88 bits per heavy atom. The third kappa shape index (κ3) is 5.51. The van der Waals surface area contributed by atoms with Crippen LogP contribution in [0, 0.1) is 6.92 Å². The summed E-state index contributed by atoms with van der Waals surface area (Å²) in [5, 5.41) is 15.2. The van der Waals surface area contributed by atoms with Crippen LogP contribution in [-0.4, -0.2) is 28.6 Å². The molecule has 0 aliphatic rings. The Morgan fingerprint density at radius 1 is 1.18 bits per heavy atom. The quantitative estimate of drug-likeness (QED) is 0.356. The van der Waals surface area contributed by atoms with Crippen molar-refractivity contribution in [1.82, 2.24) is 5.16 Å². The molecule has 0 amide bonds. The van der Waals surface area contributed by atoms with Crippen molar-refractivity contribution in [3.63, 3.8) is 0 Å². The lowest BCUT2D eigenvalue weighted by Gasteiger charge is -2.37. The molecule has 1 heterocycles. The second kappa shape index (κ2) is 9.25. The van der Waals surface area contributed by atoms with Gasteiger partial charge in [-0.1, -0.05) is 52.6 Å². The van der Waals surface area contributed by atoms with Crippen molar-refractivity contribution in [1.29, 1.82) is 0 Å². The summed E-state index contributed by atoms with van der Waals surface area (Å²) in [5.41, 5.74) is -1.38. The van der Waals surface area contributed by atoms with E-state index in [1.54, 1.807) is 39.0 Å². The molecule has 0 bridgehead atoms. The minimum Gasteiger partial charge on any atom is -0.379 e. The van der Waals surface area contributed by atoms with Gasteiger partial charge in [-0.15, -0.1) is 0 Å². The molecule has 6 nitrogen and oxygen atoms in total. The number of halogens is 5. The summed E-state index contributed by atoms with van der Waals surface area (Å²) >= 11 is 9.51. The molecule has 11 heteroatoms. The van der Waals surface area contributed by atoms with Crippen molar-refractivity contribution in [3.05, 3.63) is 67.6 Å². The van der Waals surface area contributed by atoms with Gasteiger partial charge in [-0.2, -0.15) is 13.2 Å². The Balaban J connectivity index is 1.80. The zero-order chi connectivity index (χ0) is 24.6. The maximum Gasteiger partial charge on any atom is 0.419 e. The number of hydrogen-bond acceptors (Lipinski definition) is 6. The Hall–Kier alpha value is -2.14. The van der Waals surface area contributed by atoms with Crippen LogP contribution in [0.2, 0.25) is 5.02 Å². The molecule has 0 aliphatic carbocycles. The highest BCUT2D eigenvalue weighted by atomic mass is 79.9. The zero-order valence-corrected chi connectivity index (χ0v) is 20.2. The standard InChI is InChI=1S/C22H21BrClF3N2O4/c1-12-16-9-14(5-6-15(16)19(30)33-28-12)29-32-11-21(31,22(25,26)27)10-20(2,3)17-7-4-13(23)8-18(17)24/h4-9,29,31H,10-11H2,1-3H3. The van der Waals surface area contributed by atoms with Gasteiger partial charge in [0.05, 0.1) is 16.8 Å². The van der Waals surface area contributed by atoms with Crippen LogP contribution in [0.3, 0.4) is 0 Å². The molecule has 0 saturated carbocycles. The van der Waals surface area contributed by atoms with Gasteiger partial charge >= 0.3 is 11.8 Å². The van der Waals surface area contributed by atoms with Crippen molar-refractivity contribution in [2.24, 2.45) is 0 Å². The minimum absolute atomic E-state index is 0.271. The molecule has 0 aliphatic heterocycles. The van der Waals surface area contributed by atoms with Crippen LogP contribution in [0.25, 0.3) is 10.8 Å². The summed E-state index contributed by atoms with van der Waals surface area (Å²) in [4.78, 5) is 16.8. The normalized spacial score (nSPS) is 14.3. The number of hydrogen-bond donors (Lipinski definition) is 2. The number of rotatable bonds is 7.